The molecule has 0 atom stereocenters. The zero-order valence-electron chi connectivity index (χ0n) is 12.7. The van der Waals surface area contributed by atoms with Crippen LogP contribution in [-0.4, -0.2) is 17.9 Å². The molecule has 22 heavy (non-hydrogen) atoms. The molecular weight excluding hydrogens is 283 g/mol. The van der Waals surface area contributed by atoms with Crippen LogP contribution in [0.5, 0.6) is 0 Å². The maximum atomic E-state index is 13.6. The van der Waals surface area contributed by atoms with Crippen LogP contribution < -0.4 is 0 Å². The highest BCUT2D eigenvalue weighted by molar-refractivity contribution is 5.92. The second-order valence-corrected chi connectivity index (χ2v) is 5.90. The molecule has 2 aromatic carbocycles. The van der Waals surface area contributed by atoms with E-state index in [0.29, 0.717) is 23.0 Å². The summed E-state index contributed by atoms with van der Waals surface area (Å²) in [6, 6.07) is 11.0. The number of halogens is 1. The predicted octanol–water partition coefficient (Wildman–Crippen LogP) is 4.26. The van der Waals surface area contributed by atoms with Gasteiger partial charge in [-0.1, -0.05) is 24.3 Å². The van der Waals surface area contributed by atoms with Crippen LogP contribution in [0.3, 0.4) is 0 Å². The van der Waals surface area contributed by atoms with Gasteiger partial charge in [0.15, 0.2) is 6.29 Å². The largest absolute Gasteiger partial charge is 0.456 e. The maximum absolute atomic E-state index is 13.6. The quantitative estimate of drug-likeness (QED) is 0.628. The van der Waals surface area contributed by atoms with Gasteiger partial charge in [-0.15, -0.1) is 0 Å². The molecule has 2 rings (SSSR count). The monoisotopic (exact) mass is 300 g/mol. The predicted molar refractivity (Wildman–Crippen MR) is 82.4 cm³/mol. The molecule has 0 unspecified atom stereocenters. The lowest BCUT2D eigenvalue weighted by Gasteiger charge is -2.19. The molecule has 0 heterocycles. The molecule has 0 spiro atoms. The van der Waals surface area contributed by atoms with Gasteiger partial charge in [-0.25, -0.2) is 9.18 Å². The fraction of sp³-hybridized carbons (Fsp3) is 0.222. The Hall–Kier alpha value is -2.49. The minimum Gasteiger partial charge on any atom is -0.456 e. The fourth-order valence-corrected chi connectivity index (χ4v) is 2.03. The summed E-state index contributed by atoms with van der Waals surface area (Å²) >= 11 is 0. The minimum atomic E-state index is -0.566. The van der Waals surface area contributed by atoms with Crippen LogP contribution in [0.4, 0.5) is 4.39 Å². The van der Waals surface area contributed by atoms with Gasteiger partial charge in [-0.3, -0.25) is 4.79 Å². The Balaban J connectivity index is 2.32. The summed E-state index contributed by atoms with van der Waals surface area (Å²) < 4.78 is 18.9. The van der Waals surface area contributed by atoms with Crippen molar-refractivity contribution in [3.63, 3.8) is 0 Å². The molecule has 0 aromatic heterocycles. The van der Waals surface area contributed by atoms with E-state index in [0.717, 1.165) is 0 Å². The lowest BCUT2D eigenvalue weighted by Crippen LogP contribution is -2.23. The zero-order valence-corrected chi connectivity index (χ0v) is 12.7. The average molecular weight is 300 g/mol. The Morgan fingerprint density at radius 2 is 1.73 bits per heavy atom. The summed E-state index contributed by atoms with van der Waals surface area (Å²) in [5.41, 5.74) is 0.998. The van der Waals surface area contributed by atoms with E-state index < -0.39 is 17.4 Å². The number of esters is 1. The van der Waals surface area contributed by atoms with E-state index in [-0.39, 0.29) is 5.56 Å². The standard InChI is InChI=1S/C18H17FO3/c1-18(2,3)22-17(21)13-9-7-12(8-10-13)14-5-4-6-16(19)15(14)11-20/h4-11H,1-3H3. The zero-order chi connectivity index (χ0) is 16.3. The molecule has 0 bridgehead atoms. The molecule has 0 amide bonds. The Morgan fingerprint density at radius 3 is 2.27 bits per heavy atom. The van der Waals surface area contributed by atoms with Crippen molar-refractivity contribution >= 4 is 12.3 Å². The first kappa shape index (κ1) is 15.9. The maximum Gasteiger partial charge on any atom is 0.338 e. The number of carbonyl (C=O) groups is 2. The Kier molecular flexibility index (Phi) is 4.40. The van der Waals surface area contributed by atoms with Crippen molar-refractivity contribution in [2.75, 3.05) is 0 Å². The van der Waals surface area contributed by atoms with E-state index in [1.54, 1.807) is 57.2 Å². The second-order valence-electron chi connectivity index (χ2n) is 5.90. The van der Waals surface area contributed by atoms with Gasteiger partial charge >= 0.3 is 5.97 Å². The van der Waals surface area contributed by atoms with Crippen LogP contribution in [0.1, 0.15) is 41.5 Å². The number of aldehydes is 1. The first-order valence-electron chi connectivity index (χ1n) is 6.89. The van der Waals surface area contributed by atoms with Crippen LogP contribution in [-0.2, 0) is 4.74 Å². The molecule has 0 N–H and O–H groups in total. The summed E-state index contributed by atoms with van der Waals surface area (Å²) in [4.78, 5) is 23.0. The molecule has 3 nitrogen and oxygen atoms in total. The van der Waals surface area contributed by atoms with E-state index in [9.17, 15) is 14.0 Å². The van der Waals surface area contributed by atoms with Gasteiger partial charge in [-0.2, -0.15) is 0 Å². The van der Waals surface area contributed by atoms with Crippen LogP contribution in [0.2, 0.25) is 0 Å². The van der Waals surface area contributed by atoms with Crippen molar-refractivity contribution in [1.82, 2.24) is 0 Å². The van der Waals surface area contributed by atoms with Gasteiger partial charge in [-0.05, 0) is 50.1 Å². The highest BCUT2D eigenvalue weighted by Gasteiger charge is 2.18. The van der Waals surface area contributed by atoms with Crippen LogP contribution in [0.25, 0.3) is 11.1 Å². The molecule has 0 saturated carbocycles. The molecule has 114 valence electrons. The third kappa shape index (κ3) is 3.58. The van der Waals surface area contributed by atoms with Crippen molar-refractivity contribution in [2.24, 2.45) is 0 Å². The second kappa shape index (κ2) is 6.10. The highest BCUT2D eigenvalue weighted by Crippen LogP contribution is 2.25. The summed E-state index contributed by atoms with van der Waals surface area (Å²) in [5, 5.41) is 0. The minimum absolute atomic E-state index is 0.00696. The Labute approximate surface area is 128 Å². The van der Waals surface area contributed by atoms with Gasteiger partial charge in [0.05, 0.1) is 11.1 Å². The average Bonchev–Trinajstić information content (AvgIpc) is 2.45. The number of benzene rings is 2. The van der Waals surface area contributed by atoms with Crippen LogP contribution in [0.15, 0.2) is 42.5 Å². The van der Waals surface area contributed by atoms with Crippen molar-refractivity contribution in [1.29, 1.82) is 0 Å². The smallest absolute Gasteiger partial charge is 0.338 e. The van der Waals surface area contributed by atoms with Crippen LogP contribution in [0, 0.1) is 5.82 Å². The Bertz CT molecular complexity index is 697. The summed E-state index contributed by atoms with van der Waals surface area (Å²) in [7, 11) is 0. The number of carbonyl (C=O) groups excluding carboxylic acids is 2. The lowest BCUT2D eigenvalue weighted by molar-refractivity contribution is 0.00695. The summed E-state index contributed by atoms with van der Waals surface area (Å²) in [6.07, 6.45) is 0.493. The van der Waals surface area contributed by atoms with Crippen molar-refractivity contribution < 1.29 is 18.7 Å². The van der Waals surface area contributed by atoms with Crippen molar-refractivity contribution in [3.05, 3.63) is 59.4 Å². The first-order chi connectivity index (χ1) is 10.3. The molecule has 0 aliphatic carbocycles. The van der Waals surface area contributed by atoms with Crippen molar-refractivity contribution in [3.8, 4) is 11.1 Å². The van der Waals surface area contributed by atoms with Crippen molar-refractivity contribution in [2.45, 2.75) is 26.4 Å². The van der Waals surface area contributed by atoms with E-state index >= 15 is 0 Å². The van der Waals surface area contributed by atoms with E-state index in [1.807, 2.05) is 0 Å². The van der Waals surface area contributed by atoms with Crippen LogP contribution >= 0.6 is 0 Å². The van der Waals surface area contributed by atoms with Gasteiger partial charge in [0.1, 0.15) is 11.4 Å². The van der Waals surface area contributed by atoms with E-state index in [4.69, 9.17) is 4.74 Å². The molecule has 0 fully saturated rings. The SMILES string of the molecule is CC(C)(C)OC(=O)c1ccc(-c2cccc(F)c2C=O)cc1. The molecule has 0 aliphatic heterocycles. The van der Waals surface area contributed by atoms with Gasteiger partial charge in [0.2, 0.25) is 0 Å². The highest BCUT2D eigenvalue weighted by atomic mass is 19.1. The Morgan fingerprint density at radius 1 is 1.09 bits per heavy atom. The fourth-order valence-electron chi connectivity index (χ4n) is 2.03. The third-order valence-corrected chi connectivity index (χ3v) is 3.00. The molecule has 2 aromatic rings. The summed E-state index contributed by atoms with van der Waals surface area (Å²) in [6.45, 7) is 5.38. The summed E-state index contributed by atoms with van der Waals surface area (Å²) in [5.74, 6) is -0.988. The number of rotatable bonds is 3. The lowest BCUT2D eigenvalue weighted by atomic mass is 9.99. The molecular formula is C18H17FO3. The normalized spacial score (nSPS) is 11.1. The molecule has 0 radical (unpaired) electrons. The van der Waals surface area contributed by atoms with Gasteiger partial charge in [0, 0.05) is 0 Å². The van der Waals surface area contributed by atoms with E-state index in [2.05, 4.69) is 0 Å². The number of hydrogen-bond donors (Lipinski definition) is 0. The topological polar surface area (TPSA) is 43.4 Å². The molecule has 0 saturated heterocycles. The van der Waals surface area contributed by atoms with Gasteiger partial charge in [0.25, 0.3) is 0 Å². The first-order valence-corrected chi connectivity index (χ1v) is 6.89. The number of ether oxygens (including phenoxy) is 1. The molecule has 0 aliphatic rings. The molecule has 4 heteroatoms. The number of hydrogen-bond acceptors (Lipinski definition) is 3. The van der Waals surface area contributed by atoms with Gasteiger partial charge < -0.3 is 4.74 Å². The third-order valence-electron chi connectivity index (χ3n) is 3.00. The van der Waals surface area contributed by atoms with E-state index in [1.165, 1.54) is 6.07 Å².